The van der Waals surface area contributed by atoms with Crippen molar-refractivity contribution in [2.24, 2.45) is 0 Å². The number of aromatic amines is 1. The van der Waals surface area contributed by atoms with Crippen LogP contribution in [0.15, 0.2) is 53.6 Å². The van der Waals surface area contributed by atoms with Crippen molar-refractivity contribution in [3.8, 4) is 0 Å². The number of aromatic nitrogens is 1. The minimum Gasteiger partial charge on any atom is -0.360 e. The number of benzene rings is 2. The van der Waals surface area contributed by atoms with Gasteiger partial charge in [-0.25, -0.2) is 12.8 Å². The molecule has 1 aromatic heterocycles. The second-order valence-corrected chi connectivity index (χ2v) is 6.55. The van der Waals surface area contributed by atoms with Crippen molar-refractivity contribution < 1.29 is 12.8 Å². The summed E-state index contributed by atoms with van der Waals surface area (Å²) in [6.07, 6.45) is 1.38. The first-order valence-corrected chi connectivity index (χ1v) is 7.87. The third kappa shape index (κ3) is 2.72. The van der Waals surface area contributed by atoms with Crippen LogP contribution < -0.4 is 4.72 Å². The fraction of sp³-hybridized carbons (Fsp3) is 0. The Balaban J connectivity index is 2.04. The van der Waals surface area contributed by atoms with Gasteiger partial charge < -0.3 is 4.98 Å². The first-order chi connectivity index (χ1) is 9.95. The van der Waals surface area contributed by atoms with E-state index in [1.165, 1.54) is 24.4 Å². The lowest BCUT2D eigenvalue weighted by molar-refractivity contribution is 0.602. The number of rotatable bonds is 3. The summed E-state index contributed by atoms with van der Waals surface area (Å²) in [5.41, 5.74) is 0.778. The van der Waals surface area contributed by atoms with Crippen molar-refractivity contribution in [1.29, 1.82) is 0 Å². The van der Waals surface area contributed by atoms with Gasteiger partial charge in [-0.15, -0.1) is 0 Å². The molecule has 0 amide bonds. The molecule has 0 aliphatic heterocycles. The van der Waals surface area contributed by atoms with Crippen molar-refractivity contribution in [3.05, 3.63) is 59.5 Å². The van der Waals surface area contributed by atoms with Crippen molar-refractivity contribution in [2.75, 3.05) is 4.72 Å². The quantitative estimate of drug-likeness (QED) is 0.770. The van der Waals surface area contributed by atoms with Crippen LogP contribution in [0.5, 0.6) is 0 Å². The summed E-state index contributed by atoms with van der Waals surface area (Å²) < 4.78 is 40.2. The van der Waals surface area contributed by atoms with Gasteiger partial charge in [0.15, 0.2) is 0 Å². The molecule has 0 bridgehead atoms. The van der Waals surface area contributed by atoms with Gasteiger partial charge in [-0.1, -0.05) is 17.7 Å². The van der Waals surface area contributed by atoms with E-state index in [4.69, 9.17) is 11.6 Å². The van der Waals surface area contributed by atoms with Crippen molar-refractivity contribution in [1.82, 2.24) is 4.98 Å². The average molecular weight is 325 g/mol. The van der Waals surface area contributed by atoms with E-state index in [1.807, 2.05) is 0 Å². The molecule has 0 aliphatic carbocycles. The monoisotopic (exact) mass is 324 g/mol. The van der Waals surface area contributed by atoms with Crippen LogP contribution in [0.1, 0.15) is 0 Å². The van der Waals surface area contributed by atoms with Gasteiger partial charge in [0.2, 0.25) is 0 Å². The summed E-state index contributed by atoms with van der Waals surface area (Å²) >= 11 is 5.86. The predicted octanol–water partition coefficient (Wildman–Crippen LogP) is 3.76. The number of halogens is 2. The summed E-state index contributed by atoms with van der Waals surface area (Å²) in [5.74, 6) is -0.513. The third-order valence-corrected chi connectivity index (χ3v) is 4.63. The Morgan fingerprint density at radius 1 is 1.14 bits per heavy atom. The summed E-state index contributed by atoms with van der Waals surface area (Å²) in [6, 6.07) is 10.1. The number of hydrogen-bond donors (Lipinski definition) is 2. The molecule has 0 saturated carbocycles. The van der Waals surface area contributed by atoms with E-state index >= 15 is 0 Å². The summed E-state index contributed by atoms with van der Waals surface area (Å²) in [4.78, 5) is 2.94. The maximum Gasteiger partial charge on any atom is 0.264 e. The van der Waals surface area contributed by atoms with E-state index in [-0.39, 0.29) is 10.6 Å². The van der Waals surface area contributed by atoms with Gasteiger partial charge in [0, 0.05) is 22.1 Å². The highest BCUT2D eigenvalue weighted by molar-refractivity contribution is 7.93. The molecule has 3 rings (SSSR count). The SMILES string of the molecule is O=S(=O)(Nc1cccc(F)c1)c1c[nH]c2cc(Cl)ccc12. The van der Waals surface area contributed by atoms with Crippen LogP contribution in [-0.4, -0.2) is 13.4 Å². The normalized spacial score (nSPS) is 11.7. The molecule has 0 spiro atoms. The van der Waals surface area contributed by atoms with Crippen LogP contribution >= 0.6 is 11.6 Å². The second kappa shape index (κ2) is 5.05. The molecule has 0 saturated heterocycles. The number of H-pyrrole nitrogens is 1. The van der Waals surface area contributed by atoms with Crippen LogP contribution in [0.25, 0.3) is 10.9 Å². The van der Waals surface area contributed by atoms with E-state index in [0.29, 0.717) is 15.9 Å². The van der Waals surface area contributed by atoms with Gasteiger partial charge in [-0.3, -0.25) is 4.72 Å². The molecule has 7 heteroatoms. The van der Waals surface area contributed by atoms with E-state index in [2.05, 4.69) is 9.71 Å². The topological polar surface area (TPSA) is 62.0 Å². The van der Waals surface area contributed by atoms with Crippen LogP contribution in [0.2, 0.25) is 5.02 Å². The molecule has 0 atom stereocenters. The van der Waals surface area contributed by atoms with E-state index < -0.39 is 15.8 Å². The molecular formula is C14H10ClFN2O2S. The summed E-state index contributed by atoms with van der Waals surface area (Å²) in [5, 5.41) is 1.02. The lowest BCUT2D eigenvalue weighted by Crippen LogP contribution is -2.12. The van der Waals surface area contributed by atoms with Gasteiger partial charge in [0.05, 0.1) is 5.69 Å². The molecule has 3 aromatic rings. The highest BCUT2D eigenvalue weighted by Crippen LogP contribution is 2.27. The Labute approximate surface area is 125 Å². The zero-order valence-electron chi connectivity index (χ0n) is 10.6. The first-order valence-electron chi connectivity index (χ1n) is 6.01. The maximum atomic E-state index is 13.1. The number of fused-ring (bicyclic) bond motifs is 1. The molecule has 108 valence electrons. The van der Waals surface area contributed by atoms with E-state index in [0.717, 1.165) is 6.07 Å². The van der Waals surface area contributed by atoms with Gasteiger partial charge in [-0.05, 0) is 36.4 Å². The Bertz CT molecular complexity index is 922. The fourth-order valence-corrected chi connectivity index (χ4v) is 3.46. The van der Waals surface area contributed by atoms with Crippen molar-refractivity contribution in [2.45, 2.75) is 4.90 Å². The molecule has 0 aliphatic rings. The van der Waals surface area contributed by atoms with Crippen LogP contribution in [-0.2, 0) is 10.0 Å². The van der Waals surface area contributed by atoms with E-state index in [9.17, 15) is 12.8 Å². The minimum absolute atomic E-state index is 0.0819. The average Bonchev–Trinajstić information content (AvgIpc) is 2.81. The maximum absolute atomic E-state index is 13.1. The summed E-state index contributed by atoms with van der Waals surface area (Å²) in [7, 11) is -3.82. The van der Waals surface area contributed by atoms with Crippen molar-refractivity contribution >= 4 is 38.2 Å². The highest BCUT2D eigenvalue weighted by atomic mass is 35.5. The second-order valence-electron chi connectivity index (χ2n) is 4.46. The largest absolute Gasteiger partial charge is 0.360 e. The molecule has 4 nitrogen and oxygen atoms in total. The lowest BCUT2D eigenvalue weighted by atomic mass is 10.2. The fourth-order valence-electron chi connectivity index (χ4n) is 2.06. The van der Waals surface area contributed by atoms with Gasteiger partial charge >= 0.3 is 0 Å². The number of anilines is 1. The Morgan fingerprint density at radius 3 is 2.71 bits per heavy atom. The first kappa shape index (κ1) is 13.9. The standard InChI is InChI=1S/C14H10ClFN2O2S/c15-9-4-5-12-13(6-9)17-8-14(12)21(19,20)18-11-3-1-2-10(16)7-11/h1-8,17-18H. The zero-order chi connectivity index (χ0) is 15.0. The van der Waals surface area contributed by atoms with Crippen LogP contribution in [0, 0.1) is 5.82 Å². The van der Waals surface area contributed by atoms with E-state index in [1.54, 1.807) is 18.2 Å². The van der Waals surface area contributed by atoms with Crippen molar-refractivity contribution in [3.63, 3.8) is 0 Å². The van der Waals surface area contributed by atoms with Gasteiger partial charge in [-0.2, -0.15) is 0 Å². The Kier molecular flexibility index (Phi) is 3.35. The molecule has 21 heavy (non-hydrogen) atoms. The number of nitrogens with one attached hydrogen (secondary N) is 2. The molecule has 0 unspecified atom stereocenters. The number of hydrogen-bond acceptors (Lipinski definition) is 2. The smallest absolute Gasteiger partial charge is 0.264 e. The zero-order valence-corrected chi connectivity index (χ0v) is 12.2. The lowest BCUT2D eigenvalue weighted by Gasteiger charge is -2.07. The molecule has 0 radical (unpaired) electrons. The highest BCUT2D eigenvalue weighted by Gasteiger charge is 2.19. The molecule has 1 heterocycles. The number of sulfonamides is 1. The van der Waals surface area contributed by atoms with Crippen LogP contribution in [0.4, 0.5) is 10.1 Å². The molecule has 2 N–H and O–H groups in total. The van der Waals surface area contributed by atoms with Gasteiger partial charge in [0.25, 0.3) is 10.0 Å². The Hall–Kier alpha value is -2.05. The van der Waals surface area contributed by atoms with Gasteiger partial charge in [0.1, 0.15) is 10.7 Å². The van der Waals surface area contributed by atoms with Crippen LogP contribution in [0.3, 0.4) is 0 Å². The molecular weight excluding hydrogens is 315 g/mol. The predicted molar refractivity (Wildman–Crippen MR) is 80.5 cm³/mol. The molecule has 0 fully saturated rings. The Morgan fingerprint density at radius 2 is 1.95 bits per heavy atom. The summed E-state index contributed by atoms with van der Waals surface area (Å²) in [6.45, 7) is 0. The third-order valence-electron chi connectivity index (χ3n) is 2.97. The molecule has 2 aromatic carbocycles. The minimum atomic E-state index is -3.82.